The summed E-state index contributed by atoms with van der Waals surface area (Å²) >= 11 is 0. The van der Waals surface area contributed by atoms with Gasteiger partial charge in [0.1, 0.15) is 17.5 Å². The minimum absolute atomic E-state index is 0.281. The summed E-state index contributed by atoms with van der Waals surface area (Å²) in [4.78, 5) is 9.01. The maximum absolute atomic E-state index is 11.4. The first-order valence-electron chi connectivity index (χ1n) is 7.28. The number of hydrogen-bond donors (Lipinski definition) is 2. The molecule has 0 fully saturated rings. The Morgan fingerprint density at radius 2 is 1.75 bits per heavy atom. The molecule has 0 saturated carbocycles. The molecule has 0 radical (unpaired) electrons. The van der Waals surface area contributed by atoms with Crippen LogP contribution in [0.5, 0.6) is 0 Å². The quantitative estimate of drug-likeness (QED) is 0.733. The van der Waals surface area contributed by atoms with E-state index in [0.29, 0.717) is 18.1 Å². The zero-order chi connectivity index (χ0) is 15.0. The van der Waals surface area contributed by atoms with Gasteiger partial charge in [0, 0.05) is 47.4 Å². The zero-order valence-electron chi connectivity index (χ0n) is 12.9. The smallest absolute Gasteiger partial charge is 0.135 e. The minimum atomic E-state index is -0.746. The first-order valence-corrected chi connectivity index (χ1v) is 8.77. The second-order valence-corrected chi connectivity index (χ2v) is 6.80. The average molecular weight is 298 g/mol. The first kappa shape index (κ1) is 16.9. The molecule has 1 unspecified atom stereocenters. The van der Waals surface area contributed by atoms with Crippen molar-refractivity contribution in [3.05, 3.63) is 11.9 Å². The highest BCUT2D eigenvalue weighted by Crippen LogP contribution is 2.16. The molecule has 0 aromatic carbocycles. The number of hydrogen-bond acceptors (Lipinski definition) is 5. The third kappa shape index (κ3) is 5.86. The van der Waals surface area contributed by atoms with Crippen LogP contribution in [0.15, 0.2) is 6.07 Å². The van der Waals surface area contributed by atoms with Crippen molar-refractivity contribution in [1.82, 2.24) is 9.97 Å². The molecule has 1 heterocycles. The van der Waals surface area contributed by atoms with Crippen molar-refractivity contribution in [2.75, 3.05) is 35.2 Å². The van der Waals surface area contributed by atoms with Crippen LogP contribution < -0.4 is 10.6 Å². The Morgan fingerprint density at radius 1 is 1.15 bits per heavy atom. The number of aromatic nitrogens is 2. The molecule has 1 aromatic rings. The largest absolute Gasteiger partial charge is 0.370 e. The highest BCUT2D eigenvalue weighted by molar-refractivity contribution is 7.84. The van der Waals surface area contributed by atoms with E-state index in [9.17, 15) is 4.21 Å². The summed E-state index contributed by atoms with van der Waals surface area (Å²) < 4.78 is 11.4. The average Bonchev–Trinajstić information content (AvgIpc) is 2.44. The van der Waals surface area contributed by atoms with E-state index in [1.165, 1.54) is 0 Å². The third-order valence-corrected chi connectivity index (χ3v) is 4.08. The fourth-order valence-electron chi connectivity index (χ4n) is 1.60. The molecule has 0 bridgehead atoms. The van der Waals surface area contributed by atoms with Gasteiger partial charge in [-0.1, -0.05) is 27.7 Å². The number of nitrogens with zero attached hydrogens (tertiary/aromatic N) is 2. The van der Waals surface area contributed by atoms with Crippen LogP contribution >= 0.6 is 0 Å². The summed E-state index contributed by atoms with van der Waals surface area (Å²) in [7, 11) is -0.746. The van der Waals surface area contributed by atoms with Gasteiger partial charge in [0.2, 0.25) is 0 Å². The fraction of sp³-hybridized carbons (Fsp3) is 0.714. The normalized spacial score (nSPS) is 12.4. The Hall–Kier alpha value is -1.17. The molecular formula is C14H26N4OS. The van der Waals surface area contributed by atoms with Crippen molar-refractivity contribution in [2.24, 2.45) is 0 Å². The molecule has 20 heavy (non-hydrogen) atoms. The standard InChI is InChI=1S/C14H26N4OS/c1-5-7-15-12-10-13(16-8-9-20(19)6-2)18-14(17-12)11(3)4/h10-11H,5-9H2,1-4H3,(H2,15,16,17,18). The van der Waals surface area contributed by atoms with Gasteiger partial charge in [-0.2, -0.15) is 0 Å². The van der Waals surface area contributed by atoms with E-state index in [1.807, 2.05) is 13.0 Å². The van der Waals surface area contributed by atoms with Crippen LogP contribution in [0.1, 0.15) is 45.9 Å². The van der Waals surface area contributed by atoms with E-state index in [1.54, 1.807) is 0 Å². The van der Waals surface area contributed by atoms with E-state index in [0.717, 1.165) is 30.4 Å². The Bertz CT molecular complexity index is 437. The van der Waals surface area contributed by atoms with E-state index >= 15 is 0 Å². The molecule has 0 amide bonds. The summed E-state index contributed by atoms with van der Waals surface area (Å²) in [6.07, 6.45) is 1.05. The van der Waals surface area contributed by atoms with Crippen LogP contribution in [0.4, 0.5) is 11.6 Å². The maximum atomic E-state index is 11.4. The lowest BCUT2D eigenvalue weighted by Gasteiger charge is -2.12. The highest BCUT2D eigenvalue weighted by Gasteiger charge is 2.08. The van der Waals surface area contributed by atoms with Gasteiger partial charge in [0.15, 0.2) is 0 Å². The van der Waals surface area contributed by atoms with Crippen molar-refractivity contribution < 1.29 is 4.21 Å². The van der Waals surface area contributed by atoms with Crippen molar-refractivity contribution in [1.29, 1.82) is 0 Å². The highest BCUT2D eigenvalue weighted by atomic mass is 32.2. The van der Waals surface area contributed by atoms with Gasteiger partial charge >= 0.3 is 0 Å². The SMILES string of the molecule is CCCNc1cc(NCCS(=O)CC)nc(C(C)C)n1. The summed E-state index contributed by atoms with van der Waals surface area (Å²) in [5.41, 5.74) is 0. The topological polar surface area (TPSA) is 66.9 Å². The molecule has 5 nitrogen and oxygen atoms in total. The Labute approximate surface area is 124 Å². The molecule has 6 heteroatoms. The Morgan fingerprint density at radius 3 is 2.25 bits per heavy atom. The lowest BCUT2D eigenvalue weighted by Crippen LogP contribution is -2.14. The Kier molecular flexibility index (Phi) is 7.51. The van der Waals surface area contributed by atoms with Crippen molar-refractivity contribution in [2.45, 2.75) is 40.0 Å². The van der Waals surface area contributed by atoms with Crippen molar-refractivity contribution in [3.8, 4) is 0 Å². The van der Waals surface area contributed by atoms with Gasteiger partial charge in [-0.25, -0.2) is 9.97 Å². The lowest BCUT2D eigenvalue weighted by atomic mass is 10.2. The van der Waals surface area contributed by atoms with Gasteiger partial charge in [0.25, 0.3) is 0 Å². The number of rotatable bonds is 9. The van der Waals surface area contributed by atoms with Gasteiger partial charge in [-0.15, -0.1) is 0 Å². The summed E-state index contributed by atoms with van der Waals surface area (Å²) in [6, 6.07) is 1.91. The second kappa shape index (κ2) is 8.89. The minimum Gasteiger partial charge on any atom is -0.370 e. The molecular weight excluding hydrogens is 272 g/mol. The third-order valence-electron chi connectivity index (χ3n) is 2.77. The van der Waals surface area contributed by atoms with E-state index < -0.39 is 10.8 Å². The molecule has 0 saturated heterocycles. The number of anilines is 2. The van der Waals surface area contributed by atoms with Gasteiger partial charge < -0.3 is 10.6 Å². The van der Waals surface area contributed by atoms with Gasteiger partial charge in [-0.05, 0) is 6.42 Å². The summed E-state index contributed by atoms with van der Waals surface area (Å²) in [5.74, 6) is 4.11. The van der Waals surface area contributed by atoms with Crippen molar-refractivity contribution in [3.63, 3.8) is 0 Å². The predicted molar refractivity (Wildman–Crippen MR) is 86.9 cm³/mol. The van der Waals surface area contributed by atoms with Crippen LogP contribution in [-0.2, 0) is 10.8 Å². The Balaban J connectivity index is 2.72. The predicted octanol–water partition coefficient (Wildman–Crippen LogP) is 2.60. The second-order valence-electron chi connectivity index (χ2n) is 4.94. The molecule has 0 aliphatic rings. The van der Waals surface area contributed by atoms with E-state index in [-0.39, 0.29) is 5.92 Å². The molecule has 1 atom stereocenters. The van der Waals surface area contributed by atoms with E-state index in [4.69, 9.17) is 0 Å². The van der Waals surface area contributed by atoms with E-state index in [2.05, 4.69) is 41.4 Å². The molecule has 2 N–H and O–H groups in total. The monoisotopic (exact) mass is 298 g/mol. The zero-order valence-corrected chi connectivity index (χ0v) is 13.7. The van der Waals surface area contributed by atoms with Crippen LogP contribution in [0.3, 0.4) is 0 Å². The molecule has 0 aliphatic carbocycles. The maximum Gasteiger partial charge on any atom is 0.135 e. The molecule has 1 rings (SSSR count). The lowest BCUT2D eigenvalue weighted by molar-refractivity contribution is 0.684. The van der Waals surface area contributed by atoms with Crippen LogP contribution in [0.25, 0.3) is 0 Å². The van der Waals surface area contributed by atoms with Crippen LogP contribution in [-0.4, -0.2) is 38.8 Å². The molecule has 1 aromatic heterocycles. The first-order chi connectivity index (χ1) is 9.56. The molecule has 114 valence electrons. The van der Waals surface area contributed by atoms with Gasteiger partial charge in [-0.3, -0.25) is 4.21 Å². The molecule has 0 aliphatic heterocycles. The summed E-state index contributed by atoms with van der Waals surface area (Å²) in [6.45, 7) is 9.78. The fourth-order valence-corrected chi connectivity index (χ4v) is 2.21. The van der Waals surface area contributed by atoms with Crippen LogP contribution in [0.2, 0.25) is 0 Å². The number of nitrogens with one attached hydrogen (secondary N) is 2. The van der Waals surface area contributed by atoms with Gasteiger partial charge in [0.05, 0.1) is 0 Å². The summed E-state index contributed by atoms with van der Waals surface area (Å²) in [5, 5.41) is 6.53. The molecule has 0 spiro atoms. The van der Waals surface area contributed by atoms with Crippen molar-refractivity contribution >= 4 is 22.4 Å². The van der Waals surface area contributed by atoms with Crippen LogP contribution in [0, 0.1) is 0 Å².